The first-order valence-corrected chi connectivity index (χ1v) is 6.65. The lowest BCUT2D eigenvalue weighted by molar-refractivity contribution is -0.119. The minimum atomic E-state index is -0.319. The van der Waals surface area contributed by atoms with Crippen molar-refractivity contribution < 1.29 is 4.79 Å². The molecule has 2 aromatic rings. The molecule has 19 heavy (non-hydrogen) atoms. The summed E-state index contributed by atoms with van der Waals surface area (Å²) in [6.07, 6.45) is 0.622. The normalized spacial score (nSPS) is 11.5. The number of carbonyl (C=O) groups is 1. The van der Waals surface area contributed by atoms with Crippen LogP contribution >= 0.6 is 0 Å². The molecule has 2 aromatic carbocycles. The third-order valence-electron chi connectivity index (χ3n) is 2.95. The standard InChI is InChI=1S/C14H16N2O.C2H6/c1-16-13(14(15)17)9-10-6-7-11-4-2-3-5-12(11)8-10;1-2/h2-8,13,16H,9H2,1H3,(H2,15,17);1-2H3. The molecule has 0 aliphatic heterocycles. The van der Waals surface area contributed by atoms with Gasteiger partial charge in [-0.25, -0.2) is 0 Å². The third-order valence-corrected chi connectivity index (χ3v) is 2.95. The predicted molar refractivity (Wildman–Crippen MR) is 81.0 cm³/mol. The van der Waals surface area contributed by atoms with Crippen molar-refractivity contribution in [3.63, 3.8) is 0 Å². The largest absolute Gasteiger partial charge is 0.368 e. The molecule has 3 N–H and O–H groups in total. The maximum atomic E-state index is 11.2. The van der Waals surface area contributed by atoms with Crippen LogP contribution in [0.25, 0.3) is 10.8 Å². The van der Waals surface area contributed by atoms with Gasteiger partial charge in [-0.2, -0.15) is 0 Å². The zero-order chi connectivity index (χ0) is 14.3. The van der Waals surface area contributed by atoms with Gasteiger partial charge in [-0.15, -0.1) is 0 Å². The Kier molecular flexibility index (Phi) is 6.03. The van der Waals surface area contributed by atoms with E-state index in [0.29, 0.717) is 6.42 Å². The first-order valence-electron chi connectivity index (χ1n) is 6.65. The number of nitrogens with one attached hydrogen (secondary N) is 1. The molecular weight excluding hydrogens is 236 g/mol. The third kappa shape index (κ3) is 4.07. The zero-order valence-corrected chi connectivity index (χ0v) is 11.8. The first-order chi connectivity index (χ1) is 9.20. The summed E-state index contributed by atoms with van der Waals surface area (Å²) in [5.74, 6) is -0.319. The smallest absolute Gasteiger partial charge is 0.234 e. The van der Waals surface area contributed by atoms with E-state index in [1.807, 2.05) is 32.0 Å². The fourth-order valence-electron chi connectivity index (χ4n) is 1.95. The van der Waals surface area contributed by atoms with E-state index in [0.717, 1.165) is 5.56 Å². The van der Waals surface area contributed by atoms with Crippen LogP contribution in [0.3, 0.4) is 0 Å². The van der Waals surface area contributed by atoms with Gasteiger partial charge >= 0.3 is 0 Å². The van der Waals surface area contributed by atoms with Gasteiger partial charge in [0.25, 0.3) is 0 Å². The Morgan fingerprint density at radius 2 is 1.79 bits per heavy atom. The van der Waals surface area contributed by atoms with Crippen LogP contribution in [0.15, 0.2) is 42.5 Å². The molecule has 0 aliphatic carbocycles. The van der Waals surface area contributed by atoms with Gasteiger partial charge in [0.05, 0.1) is 6.04 Å². The van der Waals surface area contributed by atoms with E-state index >= 15 is 0 Å². The van der Waals surface area contributed by atoms with E-state index < -0.39 is 0 Å². The average molecular weight is 258 g/mol. The van der Waals surface area contributed by atoms with E-state index in [4.69, 9.17) is 5.73 Å². The highest BCUT2D eigenvalue weighted by atomic mass is 16.1. The van der Waals surface area contributed by atoms with Crippen molar-refractivity contribution >= 4 is 16.7 Å². The van der Waals surface area contributed by atoms with Crippen molar-refractivity contribution in [3.8, 4) is 0 Å². The van der Waals surface area contributed by atoms with Crippen molar-refractivity contribution in [1.29, 1.82) is 0 Å². The van der Waals surface area contributed by atoms with Gasteiger partial charge in [0.15, 0.2) is 0 Å². The van der Waals surface area contributed by atoms with Crippen LogP contribution in [0.5, 0.6) is 0 Å². The molecule has 2 rings (SSSR count). The summed E-state index contributed by atoms with van der Waals surface area (Å²) in [4.78, 5) is 11.2. The lowest BCUT2D eigenvalue weighted by Crippen LogP contribution is -2.40. The Labute approximate surface area is 114 Å². The monoisotopic (exact) mass is 258 g/mol. The van der Waals surface area contributed by atoms with Crippen molar-refractivity contribution in [2.75, 3.05) is 7.05 Å². The van der Waals surface area contributed by atoms with Gasteiger partial charge in [-0.05, 0) is 29.8 Å². The molecule has 0 radical (unpaired) electrons. The number of likely N-dealkylation sites (N-methyl/N-ethyl adjacent to an activating group) is 1. The van der Waals surface area contributed by atoms with Crippen LogP contribution in [-0.4, -0.2) is 19.0 Å². The number of hydrogen-bond acceptors (Lipinski definition) is 2. The first kappa shape index (κ1) is 15.2. The number of hydrogen-bond donors (Lipinski definition) is 2. The number of amides is 1. The van der Waals surface area contributed by atoms with Crippen LogP contribution in [0.2, 0.25) is 0 Å². The van der Waals surface area contributed by atoms with Crippen LogP contribution in [0, 0.1) is 0 Å². The number of carbonyl (C=O) groups excluding carboxylic acids is 1. The number of benzene rings is 2. The summed E-state index contributed by atoms with van der Waals surface area (Å²) in [7, 11) is 1.75. The van der Waals surface area contributed by atoms with Crippen LogP contribution in [0.1, 0.15) is 19.4 Å². The molecule has 3 nitrogen and oxygen atoms in total. The van der Waals surface area contributed by atoms with Gasteiger partial charge in [-0.1, -0.05) is 56.3 Å². The second-order valence-corrected chi connectivity index (χ2v) is 4.13. The van der Waals surface area contributed by atoms with Crippen molar-refractivity contribution in [3.05, 3.63) is 48.0 Å². The molecule has 102 valence electrons. The molecule has 0 aliphatic rings. The summed E-state index contributed by atoms with van der Waals surface area (Å²) >= 11 is 0. The lowest BCUT2D eigenvalue weighted by Gasteiger charge is -2.12. The summed E-state index contributed by atoms with van der Waals surface area (Å²) in [6.45, 7) is 4.00. The van der Waals surface area contributed by atoms with E-state index in [2.05, 4.69) is 29.6 Å². The second-order valence-electron chi connectivity index (χ2n) is 4.13. The molecule has 0 saturated heterocycles. The fraction of sp³-hybridized carbons (Fsp3) is 0.312. The summed E-state index contributed by atoms with van der Waals surface area (Å²) in [6, 6.07) is 14.1. The summed E-state index contributed by atoms with van der Waals surface area (Å²) in [5.41, 5.74) is 6.42. The molecule has 3 heteroatoms. The Bertz CT molecular complexity index is 537. The van der Waals surface area contributed by atoms with Crippen LogP contribution < -0.4 is 11.1 Å². The van der Waals surface area contributed by atoms with Crippen LogP contribution in [0.4, 0.5) is 0 Å². The fourth-order valence-corrected chi connectivity index (χ4v) is 1.95. The topological polar surface area (TPSA) is 55.1 Å². The molecule has 0 bridgehead atoms. The maximum absolute atomic E-state index is 11.2. The minimum absolute atomic E-state index is 0.309. The van der Waals surface area contributed by atoms with Gasteiger partial charge in [0.1, 0.15) is 0 Å². The quantitative estimate of drug-likeness (QED) is 0.885. The molecule has 0 fully saturated rings. The molecule has 1 unspecified atom stereocenters. The number of fused-ring (bicyclic) bond motifs is 1. The van der Waals surface area contributed by atoms with Gasteiger partial charge in [-0.3, -0.25) is 4.79 Å². The molecule has 0 heterocycles. The molecule has 1 amide bonds. The van der Waals surface area contributed by atoms with Crippen molar-refractivity contribution in [2.24, 2.45) is 5.73 Å². The number of nitrogens with two attached hydrogens (primary N) is 1. The van der Waals surface area contributed by atoms with Gasteiger partial charge < -0.3 is 11.1 Å². The molecular formula is C16H22N2O. The lowest BCUT2D eigenvalue weighted by atomic mass is 10.0. The summed E-state index contributed by atoms with van der Waals surface area (Å²) in [5, 5.41) is 5.31. The Balaban J connectivity index is 0.000000861. The van der Waals surface area contributed by atoms with E-state index in [1.54, 1.807) is 7.05 Å². The van der Waals surface area contributed by atoms with Crippen molar-refractivity contribution in [2.45, 2.75) is 26.3 Å². The second kappa shape index (κ2) is 7.54. The van der Waals surface area contributed by atoms with Gasteiger partial charge in [0.2, 0.25) is 5.91 Å². The molecule has 0 spiro atoms. The van der Waals surface area contributed by atoms with Gasteiger partial charge in [0, 0.05) is 0 Å². The Hall–Kier alpha value is -1.87. The van der Waals surface area contributed by atoms with E-state index in [9.17, 15) is 4.79 Å². The number of rotatable bonds is 4. The summed E-state index contributed by atoms with van der Waals surface area (Å²) < 4.78 is 0. The maximum Gasteiger partial charge on any atom is 0.234 e. The van der Waals surface area contributed by atoms with E-state index in [1.165, 1.54) is 10.8 Å². The molecule has 0 aromatic heterocycles. The van der Waals surface area contributed by atoms with Crippen LogP contribution in [-0.2, 0) is 11.2 Å². The number of primary amides is 1. The highest BCUT2D eigenvalue weighted by Crippen LogP contribution is 2.16. The highest BCUT2D eigenvalue weighted by molar-refractivity contribution is 5.84. The zero-order valence-electron chi connectivity index (χ0n) is 11.8. The minimum Gasteiger partial charge on any atom is -0.368 e. The van der Waals surface area contributed by atoms with Crippen molar-refractivity contribution in [1.82, 2.24) is 5.32 Å². The SMILES string of the molecule is CC.CNC(Cc1ccc2ccccc2c1)C(N)=O. The Morgan fingerprint density at radius 3 is 2.37 bits per heavy atom. The molecule has 0 saturated carbocycles. The highest BCUT2D eigenvalue weighted by Gasteiger charge is 2.13. The Morgan fingerprint density at radius 1 is 1.16 bits per heavy atom. The molecule has 1 atom stereocenters. The van der Waals surface area contributed by atoms with E-state index in [-0.39, 0.29) is 11.9 Å². The average Bonchev–Trinajstić information content (AvgIpc) is 2.46. The predicted octanol–water partition coefficient (Wildman–Crippen LogP) is 2.48.